The fourth-order valence-corrected chi connectivity index (χ4v) is 3.79. The van der Waals surface area contributed by atoms with Gasteiger partial charge in [0.15, 0.2) is 0 Å². The number of hydrogen-bond donors (Lipinski definition) is 3. The Hall–Kier alpha value is -1.60. The standard InChI is InChI=1S/C16H20FN3O2S/c17-12-4-2-1-3-11(12)5-14-16(22)20-13(9-23-14)15(21)19-8-10-6-18-7-10/h1-4,10,13-14,18H,5-9H2,(H,19,21)(H,20,22). The lowest BCUT2D eigenvalue weighted by atomic mass is 10.0. The first-order valence-electron chi connectivity index (χ1n) is 7.77. The van der Waals surface area contributed by atoms with Crippen LogP contribution in [0.3, 0.4) is 0 Å². The Morgan fingerprint density at radius 2 is 2.13 bits per heavy atom. The van der Waals surface area contributed by atoms with Gasteiger partial charge in [-0.15, -0.1) is 11.8 Å². The summed E-state index contributed by atoms with van der Waals surface area (Å²) in [5.74, 6) is 0.367. The van der Waals surface area contributed by atoms with Crippen LogP contribution in [0.25, 0.3) is 0 Å². The summed E-state index contributed by atoms with van der Waals surface area (Å²) in [6, 6.07) is 5.97. The van der Waals surface area contributed by atoms with E-state index in [2.05, 4.69) is 16.0 Å². The van der Waals surface area contributed by atoms with Gasteiger partial charge in [0.2, 0.25) is 11.8 Å². The number of carbonyl (C=O) groups is 2. The maximum atomic E-state index is 13.7. The van der Waals surface area contributed by atoms with E-state index < -0.39 is 6.04 Å². The summed E-state index contributed by atoms with van der Waals surface area (Å²) >= 11 is 1.41. The maximum absolute atomic E-state index is 13.7. The number of benzene rings is 1. The van der Waals surface area contributed by atoms with E-state index in [0.29, 0.717) is 30.2 Å². The number of nitrogens with one attached hydrogen (secondary N) is 3. The molecule has 23 heavy (non-hydrogen) atoms. The van der Waals surface area contributed by atoms with Gasteiger partial charge in [0.05, 0.1) is 5.25 Å². The van der Waals surface area contributed by atoms with E-state index in [1.807, 2.05) is 0 Å². The zero-order valence-electron chi connectivity index (χ0n) is 12.7. The van der Waals surface area contributed by atoms with Crippen LogP contribution in [0.5, 0.6) is 0 Å². The summed E-state index contributed by atoms with van der Waals surface area (Å²) in [5, 5.41) is 8.43. The van der Waals surface area contributed by atoms with Crippen LogP contribution >= 0.6 is 11.8 Å². The van der Waals surface area contributed by atoms with E-state index >= 15 is 0 Å². The van der Waals surface area contributed by atoms with E-state index in [9.17, 15) is 14.0 Å². The molecule has 2 unspecified atom stereocenters. The topological polar surface area (TPSA) is 70.2 Å². The first kappa shape index (κ1) is 16.3. The Bertz CT molecular complexity index is 594. The third kappa shape index (κ3) is 4.03. The quantitative estimate of drug-likeness (QED) is 0.723. The molecule has 2 saturated heterocycles. The average molecular weight is 337 g/mol. The van der Waals surface area contributed by atoms with Crippen molar-refractivity contribution in [3.05, 3.63) is 35.6 Å². The Labute approximate surface area is 138 Å². The SMILES string of the molecule is O=C(NCC1CNC1)C1CSC(Cc2ccccc2F)C(=O)N1. The summed E-state index contributed by atoms with van der Waals surface area (Å²) in [6.45, 7) is 2.50. The van der Waals surface area contributed by atoms with Gasteiger partial charge in [-0.3, -0.25) is 9.59 Å². The minimum atomic E-state index is -0.502. The van der Waals surface area contributed by atoms with Crippen LogP contribution in [0.4, 0.5) is 4.39 Å². The molecule has 2 heterocycles. The lowest BCUT2D eigenvalue weighted by Crippen LogP contribution is -2.56. The second-order valence-electron chi connectivity index (χ2n) is 5.95. The Kier molecular flexibility index (Phi) is 5.17. The minimum Gasteiger partial charge on any atom is -0.354 e. The molecular formula is C16H20FN3O2S. The van der Waals surface area contributed by atoms with Gasteiger partial charge in [0, 0.05) is 31.3 Å². The molecule has 2 aliphatic rings. The number of hydrogen-bond acceptors (Lipinski definition) is 4. The fraction of sp³-hybridized carbons (Fsp3) is 0.500. The van der Waals surface area contributed by atoms with Gasteiger partial charge in [-0.25, -0.2) is 4.39 Å². The van der Waals surface area contributed by atoms with Crippen molar-refractivity contribution >= 4 is 23.6 Å². The number of carbonyl (C=O) groups excluding carboxylic acids is 2. The Balaban J connectivity index is 1.49. The van der Waals surface area contributed by atoms with Crippen LogP contribution in [0.2, 0.25) is 0 Å². The van der Waals surface area contributed by atoms with Crippen molar-refractivity contribution in [2.75, 3.05) is 25.4 Å². The molecule has 0 spiro atoms. The van der Waals surface area contributed by atoms with Crippen LogP contribution in [0, 0.1) is 11.7 Å². The lowest BCUT2D eigenvalue weighted by Gasteiger charge is -2.30. The van der Waals surface area contributed by atoms with Crippen molar-refractivity contribution < 1.29 is 14.0 Å². The molecule has 5 nitrogen and oxygen atoms in total. The summed E-state index contributed by atoms with van der Waals surface area (Å²) in [6.07, 6.45) is 0.339. The first-order chi connectivity index (χ1) is 11.1. The minimum absolute atomic E-state index is 0.137. The molecule has 124 valence electrons. The van der Waals surface area contributed by atoms with Crippen LogP contribution in [0.1, 0.15) is 5.56 Å². The monoisotopic (exact) mass is 337 g/mol. The maximum Gasteiger partial charge on any atom is 0.243 e. The second kappa shape index (κ2) is 7.31. The summed E-state index contributed by atoms with van der Waals surface area (Å²) < 4.78 is 13.7. The molecule has 2 atom stereocenters. The number of thioether (sulfide) groups is 1. The van der Waals surface area contributed by atoms with Gasteiger partial charge >= 0.3 is 0 Å². The molecule has 3 N–H and O–H groups in total. The van der Waals surface area contributed by atoms with Crippen molar-refractivity contribution in [1.82, 2.24) is 16.0 Å². The third-order valence-corrected chi connectivity index (χ3v) is 5.49. The number of rotatable bonds is 5. The van der Waals surface area contributed by atoms with E-state index in [4.69, 9.17) is 0 Å². The zero-order valence-corrected chi connectivity index (χ0v) is 13.5. The normalized spacial score (nSPS) is 24.7. The van der Waals surface area contributed by atoms with Crippen molar-refractivity contribution in [1.29, 1.82) is 0 Å². The summed E-state index contributed by atoms with van der Waals surface area (Å²) in [5.41, 5.74) is 0.528. The van der Waals surface area contributed by atoms with Gasteiger partial charge in [-0.2, -0.15) is 0 Å². The number of halogens is 1. The Morgan fingerprint density at radius 1 is 1.35 bits per heavy atom. The van der Waals surface area contributed by atoms with Crippen molar-refractivity contribution in [3.8, 4) is 0 Å². The highest BCUT2D eigenvalue weighted by atomic mass is 32.2. The molecule has 1 aromatic carbocycles. The molecule has 0 aliphatic carbocycles. The molecule has 0 radical (unpaired) electrons. The molecule has 0 bridgehead atoms. The highest BCUT2D eigenvalue weighted by Crippen LogP contribution is 2.23. The molecule has 2 amide bonds. The molecule has 2 aliphatic heterocycles. The highest BCUT2D eigenvalue weighted by Gasteiger charge is 2.33. The van der Waals surface area contributed by atoms with Crippen LogP contribution in [-0.4, -0.2) is 48.5 Å². The van der Waals surface area contributed by atoms with E-state index in [1.165, 1.54) is 17.8 Å². The van der Waals surface area contributed by atoms with Crippen LogP contribution in [0.15, 0.2) is 24.3 Å². The zero-order chi connectivity index (χ0) is 16.2. The van der Waals surface area contributed by atoms with Gasteiger partial charge in [-0.05, 0) is 18.1 Å². The summed E-state index contributed by atoms with van der Waals surface area (Å²) in [4.78, 5) is 24.3. The number of amides is 2. The second-order valence-corrected chi connectivity index (χ2v) is 7.18. The fourth-order valence-electron chi connectivity index (χ4n) is 2.61. The van der Waals surface area contributed by atoms with Crippen molar-refractivity contribution in [2.24, 2.45) is 5.92 Å². The molecule has 2 fully saturated rings. The largest absolute Gasteiger partial charge is 0.354 e. The van der Waals surface area contributed by atoms with Crippen LogP contribution in [-0.2, 0) is 16.0 Å². The van der Waals surface area contributed by atoms with E-state index in [0.717, 1.165) is 13.1 Å². The predicted octanol–water partition coefficient (Wildman–Crippen LogP) is 0.304. The van der Waals surface area contributed by atoms with Gasteiger partial charge in [-0.1, -0.05) is 18.2 Å². The smallest absolute Gasteiger partial charge is 0.243 e. The third-order valence-electron chi connectivity index (χ3n) is 4.18. The summed E-state index contributed by atoms with van der Waals surface area (Å²) in [7, 11) is 0. The predicted molar refractivity (Wildman–Crippen MR) is 87.7 cm³/mol. The lowest BCUT2D eigenvalue weighted by molar-refractivity contribution is -0.128. The van der Waals surface area contributed by atoms with Gasteiger partial charge in [0.1, 0.15) is 11.9 Å². The Morgan fingerprint density at radius 3 is 2.78 bits per heavy atom. The van der Waals surface area contributed by atoms with Gasteiger partial charge in [0.25, 0.3) is 0 Å². The molecule has 1 aromatic rings. The molecule has 0 aromatic heterocycles. The molecule has 0 saturated carbocycles. The molecule has 3 rings (SSSR count). The first-order valence-corrected chi connectivity index (χ1v) is 8.82. The van der Waals surface area contributed by atoms with E-state index in [-0.39, 0.29) is 22.9 Å². The molecule has 7 heteroatoms. The van der Waals surface area contributed by atoms with Crippen molar-refractivity contribution in [3.63, 3.8) is 0 Å². The van der Waals surface area contributed by atoms with Crippen LogP contribution < -0.4 is 16.0 Å². The molecular weight excluding hydrogens is 317 g/mol. The van der Waals surface area contributed by atoms with Gasteiger partial charge < -0.3 is 16.0 Å². The van der Waals surface area contributed by atoms with Crippen molar-refractivity contribution in [2.45, 2.75) is 17.7 Å². The highest BCUT2D eigenvalue weighted by molar-refractivity contribution is 8.00. The average Bonchev–Trinajstić information content (AvgIpc) is 2.49. The van der Waals surface area contributed by atoms with E-state index in [1.54, 1.807) is 18.2 Å².